The van der Waals surface area contributed by atoms with Crippen LogP contribution < -0.4 is 18.9 Å². The number of likely N-dealkylation sites (tertiary alicyclic amines) is 1. The van der Waals surface area contributed by atoms with E-state index in [1.807, 2.05) is 47.4 Å². The van der Waals surface area contributed by atoms with Gasteiger partial charge < -0.3 is 23.8 Å². The number of carbonyl (C=O) groups is 1. The van der Waals surface area contributed by atoms with E-state index in [0.717, 1.165) is 17.1 Å². The number of methoxy groups -OCH3 is 2. The lowest BCUT2D eigenvalue weighted by molar-refractivity contribution is -0.145. The molecule has 1 atom stereocenters. The summed E-state index contributed by atoms with van der Waals surface area (Å²) in [5, 5.41) is 0. The molecule has 0 bridgehead atoms. The number of nitrogens with zero attached hydrogens (tertiary/aromatic N) is 1. The quantitative estimate of drug-likeness (QED) is 0.811. The molecule has 1 fully saturated rings. The Morgan fingerprint density at radius 2 is 1.85 bits per heavy atom. The highest BCUT2D eigenvalue weighted by atomic mass is 16.5. The number of hydrogen-bond acceptors (Lipinski definition) is 5. The molecule has 0 saturated carbocycles. The molecule has 0 N–H and O–H groups in total. The Kier molecular flexibility index (Phi) is 4.79. The van der Waals surface area contributed by atoms with Gasteiger partial charge in [0.15, 0.2) is 11.5 Å². The second-order valence-electron chi connectivity index (χ2n) is 6.82. The van der Waals surface area contributed by atoms with Gasteiger partial charge in [-0.3, -0.25) is 4.79 Å². The van der Waals surface area contributed by atoms with E-state index in [1.54, 1.807) is 14.2 Å². The van der Waals surface area contributed by atoms with Gasteiger partial charge in [-0.15, -0.1) is 0 Å². The minimum Gasteiger partial charge on any atom is -0.497 e. The van der Waals surface area contributed by atoms with Gasteiger partial charge in [-0.2, -0.15) is 0 Å². The topological polar surface area (TPSA) is 57.2 Å². The molecule has 2 aliphatic heterocycles. The molecule has 27 heavy (non-hydrogen) atoms. The Morgan fingerprint density at radius 1 is 1.07 bits per heavy atom. The number of rotatable bonds is 5. The summed E-state index contributed by atoms with van der Waals surface area (Å²) >= 11 is 0. The third-order valence-electron chi connectivity index (χ3n) is 5.05. The normalized spacial score (nSPS) is 18.7. The van der Waals surface area contributed by atoms with Gasteiger partial charge in [0.05, 0.1) is 33.2 Å². The molecule has 2 heterocycles. The summed E-state index contributed by atoms with van der Waals surface area (Å²) in [6, 6.07) is 13.3. The minimum atomic E-state index is -0.170. The van der Waals surface area contributed by atoms with Gasteiger partial charge in [-0.05, 0) is 42.3 Å². The van der Waals surface area contributed by atoms with Crippen LogP contribution in [0.15, 0.2) is 42.5 Å². The van der Waals surface area contributed by atoms with Crippen molar-refractivity contribution in [1.29, 1.82) is 0 Å². The highest BCUT2D eigenvalue weighted by Gasteiger charge is 2.38. The predicted octanol–water partition coefficient (Wildman–Crippen LogP) is 2.54. The molecule has 6 heteroatoms. The van der Waals surface area contributed by atoms with Crippen molar-refractivity contribution in [2.45, 2.75) is 12.5 Å². The molecule has 2 aromatic carbocycles. The van der Waals surface area contributed by atoms with Gasteiger partial charge in [0.2, 0.25) is 5.91 Å². The molecule has 0 aliphatic carbocycles. The first-order chi connectivity index (χ1) is 13.2. The molecule has 0 spiro atoms. The molecular formula is C21H23NO5. The van der Waals surface area contributed by atoms with Crippen LogP contribution in [0.25, 0.3) is 0 Å². The fourth-order valence-electron chi connectivity index (χ4n) is 3.50. The van der Waals surface area contributed by atoms with Crippen molar-refractivity contribution in [2.75, 3.05) is 33.9 Å². The van der Waals surface area contributed by atoms with Crippen LogP contribution >= 0.6 is 0 Å². The van der Waals surface area contributed by atoms with Gasteiger partial charge in [0.25, 0.3) is 0 Å². The summed E-state index contributed by atoms with van der Waals surface area (Å²) in [5.41, 5.74) is 1.02. The number of carbonyl (C=O) groups excluding carboxylic acids is 1. The van der Waals surface area contributed by atoms with Crippen molar-refractivity contribution in [3.8, 4) is 23.0 Å². The fourth-order valence-corrected chi connectivity index (χ4v) is 3.50. The molecule has 0 radical (unpaired) electrons. The Labute approximate surface area is 158 Å². The average molecular weight is 369 g/mol. The molecule has 1 unspecified atom stereocenters. The van der Waals surface area contributed by atoms with Crippen molar-refractivity contribution in [3.63, 3.8) is 0 Å². The molecule has 142 valence electrons. The Morgan fingerprint density at radius 3 is 2.59 bits per heavy atom. The smallest absolute Gasteiger partial charge is 0.229 e. The molecule has 1 amide bonds. The third kappa shape index (κ3) is 3.52. The SMILES string of the molecule is COc1ccc2c(c1)CC(C(=O)N1CC(Oc3ccccc3OC)C1)CO2. The van der Waals surface area contributed by atoms with Crippen LogP contribution in [-0.2, 0) is 11.2 Å². The number of ether oxygens (including phenoxy) is 4. The van der Waals surface area contributed by atoms with Crippen molar-refractivity contribution < 1.29 is 23.7 Å². The molecule has 0 aromatic heterocycles. The summed E-state index contributed by atoms with van der Waals surface area (Å²) in [6.45, 7) is 1.57. The van der Waals surface area contributed by atoms with Crippen LogP contribution in [0.1, 0.15) is 5.56 Å². The monoisotopic (exact) mass is 369 g/mol. The number of amides is 1. The molecular weight excluding hydrogens is 346 g/mol. The van der Waals surface area contributed by atoms with Crippen LogP contribution in [0.4, 0.5) is 0 Å². The van der Waals surface area contributed by atoms with Crippen molar-refractivity contribution in [2.24, 2.45) is 5.92 Å². The molecule has 6 nitrogen and oxygen atoms in total. The average Bonchev–Trinajstić information content (AvgIpc) is 2.69. The van der Waals surface area contributed by atoms with E-state index in [9.17, 15) is 4.79 Å². The standard InChI is InChI=1S/C21H23NO5/c1-24-16-7-8-18-14(10-16)9-15(13-26-18)21(23)22-11-17(12-22)27-20-6-4-3-5-19(20)25-2/h3-8,10,15,17H,9,11-13H2,1-2H3. The van der Waals surface area contributed by atoms with Crippen molar-refractivity contribution in [1.82, 2.24) is 4.90 Å². The zero-order chi connectivity index (χ0) is 18.8. The van der Waals surface area contributed by atoms with Crippen LogP contribution in [0, 0.1) is 5.92 Å². The van der Waals surface area contributed by atoms with E-state index >= 15 is 0 Å². The van der Waals surface area contributed by atoms with Gasteiger partial charge >= 0.3 is 0 Å². The second-order valence-corrected chi connectivity index (χ2v) is 6.82. The highest BCUT2D eigenvalue weighted by Crippen LogP contribution is 2.33. The number of hydrogen-bond donors (Lipinski definition) is 0. The van der Waals surface area contributed by atoms with E-state index in [1.165, 1.54) is 0 Å². The van der Waals surface area contributed by atoms with Gasteiger partial charge in [-0.25, -0.2) is 0 Å². The molecule has 2 aliphatic rings. The third-order valence-corrected chi connectivity index (χ3v) is 5.05. The van der Waals surface area contributed by atoms with Crippen molar-refractivity contribution in [3.05, 3.63) is 48.0 Å². The summed E-state index contributed by atoms with van der Waals surface area (Å²) in [5.74, 6) is 2.97. The second kappa shape index (κ2) is 7.39. The number of fused-ring (bicyclic) bond motifs is 1. The maximum absolute atomic E-state index is 12.8. The zero-order valence-electron chi connectivity index (χ0n) is 15.5. The lowest BCUT2D eigenvalue weighted by atomic mass is 9.94. The van der Waals surface area contributed by atoms with E-state index in [2.05, 4.69) is 0 Å². The summed E-state index contributed by atoms with van der Waals surface area (Å²) in [4.78, 5) is 14.6. The highest BCUT2D eigenvalue weighted by molar-refractivity contribution is 5.80. The van der Waals surface area contributed by atoms with E-state index in [-0.39, 0.29) is 17.9 Å². The zero-order valence-corrected chi connectivity index (χ0v) is 15.5. The van der Waals surface area contributed by atoms with E-state index in [4.69, 9.17) is 18.9 Å². The Bertz CT molecular complexity index is 831. The van der Waals surface area contributed by atoms with Gasteiger partial charge in [0.1, 0.15) is 24.2 Å². The summed E-state index contributed by atoms with van der Waals surface area (Å²) in [6.07, 6.45) is 0.655. The lowest BCUT2D eigenvalue weighted by Crippen LogP contribution is -2.58. The predicted molar refractivity (Wildman–Crippen MR) is 99.7 cm³/mol. The number of para-hydroxylation sites is 2. The van der Waals surface area contributed by atoms with Crippen LogP contribution in [0.5, 0.6) is 23.0 Å². The lowest BCUT2D eigenvalue weighted by Gasteiger charge is -2.41. The number of benzene rings is 2. The van der Waals surface area contributed by atoms with Gasteiger partial charge in [-0.1, -0.05) is 12.1 Å². The van der Waals surface area contributed by atoms with E-state index in [0.29, 0.717) is 37.6 Å². The largest absolute Gasteiger partial charge is 0.497 e. The van der Waals surface area contributed by atoms with Crippen molar-refractivity contribution >= 4 is 5.91 Å². The summed E-state index contributed by atoms with van der Waals surface area (Å²) in [7, 11) is 3.25. The fraction of sp³-hybridized carbons (Fsp3) is 0.381. The maximum atomic E-state index is 12.8. The van der Waals surface area contributed by atoms with Crippen LogP contribution in [-0.4, -0.2) is 50.8 Å². The Hall–Kier alpha value is -2.89. The molecule has 2 aromatic rings. The van der Waals surface area contributed by atoms with Crippen LogP contribution in [0.3, 0.4) is 0 Å². The summed E-state index contributed by atoms with van der Waals surface area (Å²) < 4.78 is 22.3. The van der Waals surface area contributed by atoms with Crippen LogP contribution in [0.2, 0.25) is 0 Å². The first-order valence-electron chi connectivity index (χ1n) is 9.06. The minimum absolute atomic E-state index is 0.0119. The maximum Gasteiger partial charge on any atom is 0.229 e. The molecule has 1 saturated heterocycles. The molecule has 4 rings (SSSR count). The van der Waals surface area contributed by atoms with E-state index < -0.39 is 0 Å². The Balaban J connectivity index is 1.34. The first-order valence-corrected chi connectivity index (χ1v) is 9.06. The van der Waals surface area contributed by atoms with Gasteiger partial charge in [0, 0.05) is 0 Å². The first kappa shape index (κ1) is 17.5.